The molecule has 3 rings (SSSR count). The summed E-state index contributed by atoms with van der Waals surface area (Å²) in [7, 11) is 0. The van der Waals surface area contributed by atoms with Crippen LogP contribution in [0.15, 0.2) is 56.8 Å². The van der Waals surface area contributed by atoms with Gasteiger partial charge in [-0.2, -0.15) is 22.9 Å². The lowest BCUT2D eigenvalue weighted by Gasteiger charge is -2.09. The van der Waals surface area contributed by atoms with Gasteiger partial charge in [-0.1, -0.05) is 11.6 Å². The SMILES string of the molecule is Cc1cc(N)n(/N=C\c2ccc(-c3ccc(Cl)c(C(F)(F)F)c3)o2)c(=O)c1. The van der Waals surface area contributed by atoms with E-state index >= 15 is 0 Å². The van der Waals surface area contributed by atoms with E-state index < -0.39 is 22.3 Å². The molecule has 0 fully saturated rings. The lowest BCUT2D eigenvalue weighted by molar-refractivity contribution is -0.137. The lowest BCUT2D eigenvalue weighted by Crippen LogP contribution is -2.19. The molecule has 0 saturated heterocycles. The summed E-state index contributed by atoms with van der Waals surface area (Å²) in [6, 6.07) is 9.43. The molecule has 0 spiro atoms. The normalized spacial score (nSPS) is 12.0. The second-order valence-corrected chi connectivity index (χ2v) is 6.15. The maximum atomic E-state index is 13.0. The van der Waals surface area contributed by atoms with E-state index in [9.17, 15) is 18.0 Å². The number of hydrogen-bond acceptors (Lipinski definition) is 4. The van der Waals surface area contributed by atoms with E-state index in [1.165, 1.54) is 30.5 Å². The largest absolute Gasteiger partial charge is 0.455 e. The molecule has 0 aliphatic heterocycles. The Morgan fingerprint density at radius 2 is 1.93 bits per heavy atom. The number of benzene rings is 1. The summed E-state index contributed by atoms with van der Waals surface area (Å²) in [6.07, 6.45) is -3.33. The quantitative estimate of drug-likeness (QED) is 0.661. The summed E-state index contributed by atoms with van der Waals surface area (Å²) in [5.41, 5.74) is 5.30. The predicted molar refractivity (Wildman–Crippen MR) is 97.0 cm³/mol. The van der Waals surface area contributed by atoms with Crippen LogP contribution in [0.25, 0.3) is 11.3 Å². The zero-order chi connectivity index (χ0) is 19.8. The minimum Gasteiger partial charge on any atom is -0.455 e. The summed E-state index contributed by atoms with van der Waals surface area (Å²) in [5.74, 6) is 0.582. The highest BCUT2D eigenvalue weighted by atomic mass is 35.5. The van der Waals surface area contributed by atoms with Crippen molar-refractivity contribution < 1.29 is 17.6 Å². The Hall–Kier alpha value is -3.00. The Balaban J connectivity index is 1.91. The lowest BCUT2D eigenvalue weighted by atomic mass is 10.1. The number of nitrogen functional groups attached to an aromatic ring is 1. The van der Waals surface area contributed by atoms with Crippen molar-refractivity contribution in [1.82, 2.24) is 4.68 Å². The van der Waals surface area contributed by atoms with Gasteiger partial charge in [0.15, 0.2) is 0 Å². The van der Waals surface area contributed by atoms with Crippen LogP contribution in [0.1, 0.15) is 16.9 Å². The molecule has 0 amide bonds. The van der Waals surface area contributed by atoms with E-state index in [-0.39, 0.29) is 22.9 Å². The average Bonchev–Trinajstić information content (AvgIpc) is 3.02. The maximum Gasteiger partial charge on any atom is 0.417 e. The minimum atomic E-state index is -4.58. The number of pyridine rings is 1. The predicted octanol–water partition coefficient (Wildman–Crippen LogP) is 4.55. The molecule has 0 unspecified atom stereocenters. The highest BCUT2D eigenvalue weighted by Gasteiger charge is 2.33. The number of alkyl halides is 3. The van der Waals surface area contributed by atoms with Crippen molar-refractivity contribution >= 4 is 23.6 Å². The van der Waals surface area contributed by atoms with Crippen LogP contribution in [-0.2, 0) is 6.18 Å². The molecule has 27 heavy (non-hydrogen) atoms. The molecule has 0 radical (unpaired) electrons. The Morgan fingerprint density at radius 1 is 1.19 bits per heavy atom. The highest BCUT2D eigenvalue weighted by molar-refractivity contribution is 6.31. The topological polar surface area (TPSA) is 73.5 Å². The van der Waals surface area contributed by atoms with Crippen LogP contribution in [0.5, 0.6) is 0 Å². The third-order valence-electron chi connectivity index (χ3n) is 3.66. The third-order valence-corrected chi connectivity index (χ3v) is 3.99. The minimum absolute atomic E-state index is 0.149. The van der Waals surface area contributed by atoms with Crippen LogP contribution >= 0.6 is 11.6 Å². The van der Waals surface area contributed by atoms with Crippen LogP contribution in [0.4, 0.5) is 19.0 Å². The van der Waals surface area contributed by atoms with Crippen molar-refractivity contribution in [2.75, 3.05) is 5.73 Å². The fraction of sp³-hybridized carbons (Fsp3) is 0.111. The van der Waals surface area contributed by atoms with Gasteiger partial charge in [0.1, 0.15) is 17.3 Å². The number of halogens is 4. The summed E-state index contributed by atoms with van der Waals surface area (Å²) >= 11 is 5.62. The number of anilines is 1. The van der Waals surface area contributed by atoms with E-state index in [2.05, 4.69) is 5.10 Å². The van der Waals surface area contributed by atoms with Gasteiger partial charge < -0.3 is 10.2 Å². The number of aryl methyl sites for hydroxylation is 1. The molecule has 2 heterocycles. The van der Waals surface area contributed by atoms with E-state index in [0.29, 0.717) is 5.56 Å². The van der Waals surface area contributed by atoms with Crippen molar-refractivity contribution in [3.8, 4) is 11.3 Å². The Labute approximate surface area is 156 Å². The number of rotatable bonds is 3. The summed E-state index contributed by atoms with van der Waals surface area (Å²) in [4.78, 5) is 11.9. The number of hydrogen-bond donors (Lipinski definition) is 1. The van der Waals surface area contributed by atoms with Gasteiger partial charge in [0, 0.05) is 11.6 Å². The van der Waals surface area contributed by atoms with Gasteiger partial charge in [-0.15, -0.1) is 0 Å². The molecule has 5 nitrogen and oxygen atoms in total. The number of aromatic nitrogens is 1. The zero-order valence-corrected chi connectivity index (χ0v) is 14.7. The first-order valence-electron chi connectivity index (χ1n) is 7.65. The summed E-state index contributed by atoms with van der Waals surface area (Å²) < 4.78 is 45.4. The first kappa shape index (κ1) is 18.8. The average molecular weight is 396 g/mol. The summed E-state index contributed by atoms with van der Waals surface area (Å²) in [5, 5.41) is 3.56. The van der Waals surface area contributed by atoms with Crippen molar-refractivity contribution in [1.29, 1.82) is 0 Å². The summed E-state index contributed by atoms with van der Waals surface area (Å²) in [6.45, 7) is 1.73. The molecule has 2 N–H and O–H groups in total. The maximum absolute atomic E-state index is 13.0. The molecule has 0 saturated carbocycles. The fourth-order valence-electron chi connectivity index (χ4n) is 2.43. The molecule has 2 aromatic heterocycles. The van der Waals surface area contributed by atoms with Crippen molar-refractivity contribution in [2.24, 2.45) is 5.10 Å². The van der Waals surface area contributed by atoms with Crippen LogP contribution in [0, 0.1) is 6.92 Å². The molecule has 3 aromatic rings. The van der Waals surface area contributed by atoms with Crippen molar-refractivity contribution in [3.05, 3.63) is 74.7 Å². The van der Waals surface area contributed by atoms with Crippen LogP contribution in [0.2, 0.25) is 5.02 Å². The number of furan rings is 1. The van der Waals surface area contributed by atoms with E-state index in [1.54, 1.807) is 13.0 Å². The fourth-order valence-corrected chi connectivity index (χ4v) is 2.66. The molecule has 140 valence electrons. The molecular weight excluding hydrogens is 383 g/mol. The zero-order valence-electron chi connectivity index (χ0n) is 13.9. The van der Waals surface area contributed by atoms with Crippen LogP contribution in [0.3, 0.4) is 0 Å². The smallest absolute Gasteiger partial charge is 0.417 e. The van der Waals surface area contributed by atoms with E-state index in [4.69, 9.17) is 21.8 Å². The monoisotopic (exact) mass is 395 g/mol. The van der Waals surface area contributed by atoms with Crippen LogP contribution in [-0.4, -0.2) is 10.9 Å². The molecule has 0 aliphatic carbocycles. The number of nitrogens with zero attached hydrogens (tertiary/aromatic N) is 2. The van der Waals surface area contributed by atoms with E-state index in [1.807, 2.05) is 0 Å². The van der Waals surface area contributed by atoms with Crippen LogP contribution < -0.4 is 11.3 Å². The third kappa shape index (κ3) is 4.06. The molecule has 0 aliphatic rings. The van der Waals surface area contributed by atoms with Gasteiger partial charge >= 0.3 is 6.18 Å². The highest BCUT2D eigenvalue weighted by Crippen LogP contribution is 2.37. The first-order valence-corrected chi connectivity index (χ1v) is 8.03. The molecule has 0 atom stereocenters. The van der Waals surface area contributed by atoms with Gasteiger partial charge in [-0.3, -0.25) is 4.79 Å². The molecular formula is C18H13ClF3N3O2. The molecule has 0 bridgehead atoms. The second-order valence-electron chi connectivity index (χ2n) is 5.75. The Bertz CT molecular complexity index is 1080. The first-order chi connectivity index (χ1) is 12.6. The molecule has 1 aromatic carbocycles. The number of nitrogens with two attached hydrogens (primary N) is 1. The van der Waals surface area contributed by atoms with Crippen molar-refractivity contribution in [3.63, 3.8) is 0 Å². The van der Waals surface area contributed by atoms with E-state index in [0.717, 1.165) is 16.8 Å². The van der Waals surface area contributed by atoms with Gasteiger partial charge in [0.25, 0.3) is 5.56 Å². The van der Waals surface area contributed by atoms with Gasteiger partial charge in [0.05, 0.1) is 16.8 Å². The second kappa shape index (κ2) is 6.96. The van der Waals surface area contributed by atoms with Gasteiger partial charge in [-0.25, -0.2) is 0 Å². The Kier molecular flexibility index (Phi) is 4.84. The standard InChI is InChI=1S/C18H13ClF3N3O2/c1-10-6-16(23)25(17(26)7-10)24-9-12-3-5-15(27-12)11-2-4-14(19)13(8-11)18(20,21)22/h2-9H,23H2,1H3/b24-9-. The van der Waals surface area contributed by atoms with Gasteiger partial charge in [-0.05, 0) is 48.9 Å². The van der Waals surface area contributed by atoms with Gasteiger partial charge in [0.2, 0.25) is 0 Å². The Morgan fingerprint density at radius 3 is 2.59 bits per heavy atom. The van der Waals surface area contributed by atoms with Crippen molar-refractivity contribution in [2.45, 2.75) is 13.1 Å². The molecule has 9 heteroatoms.